The highest BCUT2D eigenvalue weighted by molar-refractivity contribution is 6.09. The number of benzene rings is 3. The zero-order valence-corrected chi connectivity index (χ0v) is 17.2. The Morgan fingerprint density at radius 1 is 0.767 bits per heavy atom. The predicted octanol–water partition coefficient (Wildman–Crippen LogP) is 4.64. The van der Waals surface area contributed by atoms with Gasteiger partial charge in [0.05, 0.1) is 5.56 Å². The molecule has 0 atom stereocenters. The van der Waals surface area contributed by atoms with Gasteiger partial charge in [-0.15, -0.1) is 0 Å². The molecule has 0 aliphatic rings. The fourth-order valence-corrected chi connectivity index (χ4v) is 3.28. The van der Waals surface area contributed by atoms with E-state index in [9.17, 15) is 14.4 Å². The molecular formula is C25H23NO4. The van der Waals surface area contributed by atoms with Crippen molar-refractivity contribution in [3.63, 3.8) is 0 Å². The third-order valence-electron chi connectivity index (χ3n) is 4.69. The van der Waals surface area contributed by atoms with E-state index in [4.69, 9.17) is 4.74 Å². The lowest BCUT2D eigenvalue weighted by Gasteiger charge is -2.13. The number of rotatable bonds is 6. The molecule has 0 radical (unpaired) electrons. The Morgan fingerprint density at radius 3 is 1.90 bits per heavy atom. The zero-order chi connectivity index (χ0) is 21.7. The summed E-state index contributed by atoms with van der Waals surface area (Å²) < 4.78 is 5.11. The molecule has 5 heteroatoms. The van der Waals surface area contributed by atoms with Crippen LogP contribution >= 0.6 is 0 Å². The monoisotopic (exact) mass is 401 g/mol. The van der Waals surface area contributed by atoms with Crippen molar-refractivity contribution in [3.8, 4) is 0 Å². The summed E-state index contributed by atoms with van der Waals surface area (Å²) in [6.07, 6.45) is 0. The largest absolute Gasteiger partial charge is 0.452 e. The van der Waals surface area contributed by atoms with Crippen molar-refractivity contribution in [2.45, 2.75) is 20.8 Å². The maximum atomic E-state index is 12.4. The molecule has 0 saturated carbocycles. The standard InChI is InChI=1S/C25H23NO4/c1-16-13-17(2)23(18(3)14-16)26-22(27)15-30-25(29)21-11-9-20(10-12-21)24(28)19-7-5-4-6-8-19/h4-14H,15H2,1-3H3,(H,26,27). The van der Waals surface area contributed by atoms with E-state index in [0.29, 0.717) is 11.1 Å². The van der Waals surface area contributed by atoms with Gasteiger partial charge >= 0.3 is 5.97 Å². The van der Waals surface area contributed by atoms with Gasteiger partial charge in [0.2, 0.25) is 0 Å². The Kier molecular flexibility index (Phi) is 6.42. The van der Waals surface area contributed by atoms with Crippen LogP contribution in [0.5, 0.6) is 0 Å². The number of anilines is 1. The molecule has 0 aromatic heterocycles. The summed E-state index contributed by atoms with van der Waals surface area (Å²) in [6, 6.07) is 19.0. The molecule has 3 aromatic rings. The second-order valence-electron chi connectivity index (χ2n) is 7.17. The Balaban J connectivity index is 1.59. The van der Waals surface area contributed by atoms with Crippen LogP contribution in [0.4, 0.5) is 5.69 Å². The maximum Gasteiger partial charge on any atom is 0.338 e. The Bertz CT molecular complexity index is 1060. The minimum absolute atomic E-state index is 0.126. The van der Waals surface area contributed by atoms with E-state index in [1.54, 1.807) is 36.4 Å². The van der Waals surface area contributed by atoms with Crippen molar-refractivity contribution in [1.82, 2.24) is 0 Å². The van der Waals surface area contributed by atoms with Crippen molar-refractivity contribution in [1.29, 1.82) is 0 Å². The zero-order valence-electron chi connectivity index (χ0n) is 17.2. The molecule has 3 rings (SSSR count). The number of nitrogens with one attached hydrogen (secondary N) is 1. The van der Waals surface area contributed by atoms with Crippen LogP contribution in [0.25, 0.3) is 0 Å². The van der Waals surface area contributed by atoms with Crippen LogP contribution in [0.1, 0.15) is 43.0 Å². The van der Waals surface area contributed by atoms with E-state index < -0.39 is 18.5 Å². The number of carbonyl (C=O) groups excluding carboxylic acids is 3. The molecule has 152 valence electrons. The first-order valence-electron chi connectivity index (χ1n) is 9.60. The molecule has 1 amide bonds. The lowest BCUT2D eigenvalue weighted by molar-refractivity contribution is -0.119. The summed E-state index contributed by atoms with van der Waals surface area (Å²) >= 11 is 0. The van der Waals surface area contributed by atoms with E-state index in [-0.39, 0.29) is 11.3 Å². The third-order valence-corrected chi connectivity index (χ3v) is 4.69. The van der Waals surface area contributed by atoms with Crippen LogP contribution in [0.15, 0.2) is 66.7 Å². The molecule has 0 bridgehead atoms. The summed E-state index contributed by atoms with van der Waals surface area (Å²) in [5.74, 6) is -1.16. The van der Waals surface area contributed by atoms with Crippen LogP contribution in [0.2, 0.25) is 0 Å². The van der Waals surface area contributed by atoms with Gasteiger partial charge in [0.15, 0.2) is 12.4 Å². The lowest BCUT2D eigenvalue weighted by atomic mass is 10.0. The first kappa shape index (κ1) is 21.0. The number of hydrogen-bond donors (Lipinski definition) is 1. The van der Waals surface area contributed by atoms with Crippen LogP contribution in [-0.2, 0) is 9.53 Å². The van der Waals surface area contributed by atoms with Crippen molar-refractivity contribution >= 4 is 23.3 Å². The van der Waals surface area contributed by atoms with Gasteiger partial charge in [-0.25, -0.2) is 4.79 Å². The van der Waals surface area contributed by atoms with E-state index in [0.717, 1.165) is 22.4 Å². The van der Waals surface area contributed by atoms with Gasteiger partial charge in [-0.2, -0.15) is 0 Å². The van der Waals surface area contributed by atoms with E-state index in [1.165, 1.54) is 12.1 Å². The predicted molar refractivity (Wildman–Crippen MR) is 116 cm³/mol. The van der Waals surface area contributed by atoms with Crippen molar-refractivity contribution in [2.75, 3.05) is 11.9 Å². The SMILES string of the molecule is Cc1cc(C)c(NC(=O)COC(=O)c2ccc(C(=O)c3ccccc3)cc2)c(C)c1. The summed E-state index contributed by atoms with van der Waals surface area (Å²) in [6.45, 7) is 5.43. The third kappa shape index (κ3) is 5.00. The average molecular weight is 401 g/mol. The normalized spacial score (nSPS) is 10.4. The number of amides is 1. The van der Waals surface area contributed by atoms with Gasteiger partial charge in [-0.1, -0.05) is 60.2 Å². The summed E-state index contributed by atoms with van der Waals surface area (Å²) in [5, 5.41) is 2.79. The minimum Gasteiger partial charge on any atom is -0.452 e. The van der Waals surface area contributed by atoms with Crippen LogP contribution in [-0.4, -0.2) is 24.3 Å². The molecular weight excluding hydrogens is 378 g/mol. The molecule has 0 saturated heterocycles. The first-order valence-corrected chi connectivity index (χ1v) is 9.60. The van der Waals surface area contributed by atoms with Crippen molar-refractivity contribution < 1.29 is 19.1 Å². The van der Waals surface area contributed by atoms with Gasteiger partial charge < -0.3 is 10.1 Å². The topological polar surface area (TPSA) is 72.5 Å². The quantitative estimate of drug-likeness (QED) is 0.482. The molecule has 0 aliphatic carbocycles. The number of esters is 1. The smallest absolute Gasteiger partial charge is 0.338 e. The van der Waals surface area contributed by atoms with Crippen molar-refractivity contribution in [3.05, 3.63) is 100 Å². The van der Waals surface area contributed by atoms with Crippen molar-refractivity contribution in [2.24, 2.45) is 0 Å². The Labute approximate surface area is 175 Å². The fraction of sp³-hybridized carbons (Fsp3) is 0.160. The number of hydrogen-bond acceptors (Lipinski definition) is 4. The molecule has 1 N–H and O–H groups in total. The van der Waals surface area contributed by atoms with Gasteiger partial charge in [0.25, 0.3) is 5.91 Å². The Morgan fingerprint density at radius 2 is 1.30 bits per heavy atom. The molecule has 0 unspecified atom stereocenters. The number of ether oxygens (including phenoxy) is 1. The van der Waals surface area contributed by atoms with Gasteiger partial charge in [0, 0.05) is 16.8 Å². The number of aryl methyl sites for hydroxylation is 3. The number of carbonyl (C=O) groups is 3. The second-order valence-corrected chi connectivity index (χ2v) is 7.17. The lowest BCUT2D eigenvalue weighted by Crippen LogP contribution is -2.22. The molecule has 0 heterocycles. The van der Waals surface area contributed by atoms with Gasteiger partial charge in [-0.05, 0) is 44.0 Å². The molecule has 0 aliphatic heterocycles. The molecule has 5 nitrogen and oxygen atoms in total. The average Bonchev–Trinajstić information content (AvgIpc) is 2.74. The highest BCUT2D eigenvalue weighted by Gasteiger charge is 2.14. The first-order chi connectivity index (χ1) is 14.3. The highest BCUT2D eigenvalue weighted by atomic mass is 16.5. The molecule has 0 spiro atoms. The second kappa shape index (κ2) is 9.18. The molecule has 3 aromatic carbocycles. The highest BCUT2D eigenvalue weighted by Crippen LogP contribution is 2.21. The van der Waals surface area contributed by atoms with Crippen LogP contribution in [0, 0.1) is 20.8 Å². The van der Waals surface area contributed by atoms with E-state index in [2.05, 4.69) is 5.32 Å². The fourth-order valence-electron chi connectivity index (χ4n) is 3.28. The van der Waals surface area contributed by atoms with E-state index in [1.807, 2.05) is 39.0 Å². The van der Waals surface area contributed by atoms with Gasteiger partial charge in [-0.3, -0.25) is 9.59 Å². The summed E-state index contributed by atoms with van der Waals surface area (Å²) in [7, 11) is 0. The minimum atomic E-state index is -0.624. The summed E-state index contributed by atoms with van der Waals surface area (Å²) in [5.41, 5.74) is 5.06. The number of ketones is 1. The van der Waals surface area contributed by atoms with E-state index >= 15 is 0 Å². The molecule has 30 heavy (non-hydrogen) atoms. The molecule has 0 fully saturated rings. The van der Waals surface area contributed by atoms with Crippen LogP contribution in [0.3, 0.4) is 0 Å². The Hall–Kier alpha value is -3.73. The summed E-state index contributed by atoms with van der Waals surface area (Å²) in [4.78, 5) is 36.9. The van der Waals surface area contributed by atoms with Gasteiger partial charge in [0.1, 0.15) is 0 Å². The van der Waals surface area contributed by atoms with Crippen LogP contribution < -0.4 is 5.32 Å². The maximum absolute atomic E-state index is 12.4.